The molecule has 1 amide bonds. The minimum absolute atomic E-state index is 0.0545. The van der Waals surface area contributed by atoms with Gasteiger partial charge in [0, 0.05) is 16.3 Å². The van der Waals surface area contributed by atoms with E-state index in [1.54, 1.807) is 42.5 Å². The first-order valence-electron chi connectivity index (χ1n) is 9.24. The van der Waals surface area contributed by atoms with Gasteiger partial charge in [-0.1, -0.05) is 41.9 Å². The van der Waals surface area contributed by atoms with E-state index in [1.807, 2.05) is 6.92 Å². The van der Waals surface area contributed by atoms with Crippen molar-refractivity contribution < 1.29 is 14.3 Å². The second kappa shape index (κ2) is 10.5. The number of amides is 1. The number of aromatic nitrogens is 3. The zero-order chi connectivity index (χ0) is 22.4. The molecule has 0 atom stereocenters. The van der Waals surface area contributed by atoms with Crippen LogP contribution in [0.5, 0.6) is 0 Å². The molecule has 0 radical (unpaired) electrons. The molecule has 11 heteroatoms. The highest BCUT2D eigenvalue weighted by molar-refractivity contribution is 7.99. The van der Waals surface area contributed by atoms with Gasteiger partial charge < -0.3 is 15.9 Å². The summed E-state index contributed by atoms with van der Waals surface area (Å²) in [7, 11) is 0. The summed E-state index contributed by atoms with van der Waals surface area (Å²) in [6.07, 6.45) is 0.752. The molecule has 0 unspecified atom stereocenters. The molecular weight excluding hydrogens is 461 g/mol. The second-order valence-electron chi connectivity index (χ2n) is 6.35. The van der Waals surface area contributed by atoms with Crippen LogP contribution >= 0.6 is 35.0 Å². The Morgan fingerprint density at radius 2 is 1.90 bits per heavy atom. The smallest absolute Gasteiger partial charge is 0.338 e. The third-order valence-corrected chi connectivity index (χ3v) is 5.52. The van der Waals surface area contributed by atoms with Gasteiger partial charge in [-0.3, -0.25) is 4.79 Å². The third kappa shape index (κ3) is 5.90. The number of nitrogens with one attached hydrogen (secondary N) is 1. The Bertz CT molecular complexity index is 1090. The number of hydrogen-bond acceptors (Lipinski definition) is 7. The van der Waals surface area contributed by atoms with Crippen molar-refractivity contribution in [2.75, 3.05) is 23.5 Å². The Morgan fingerprint density at radius 1 is 1.16 bits per heavy atom. The zero-order valence-electron chi connectivity index (χ0n) is 16.5. The van der Waals surface area contributed by atoms with Crippen LogP contribution in [0.2, 0.25) is 10.0 Å². The highest BCUT2D eigenvalue weighted by Gasteiger charge is 2.16. The number of carbonyl (C=O) groups is 2. The summed E-state index contributed by atoms with van der Waals surface area (Å²) >= 11 is 13.3. The zero-order valence-corrected chi connectivity index (χ0v) is 18.8. The maximum atomic E-state index is 12.3. The molecule has 1 aromatic heterocycles. The van der Waals surface area contributed by atoms with Crippen molar-refractivity contribution in [3.05, 3.63) is 58.1 Å². The second-order valence-corrected chi connectivity index (χ2v) is 8.14. The highest BCUT2D eigenvalue weighted by Crippen LogP contribution is 2.30. The summed E-state index contributed by atoms with van der Waals surface area (Å²) in [5, 5.41) is 12.1. The Hall–Kier alpha value is -2.75. The summed E-state index contributed by atoms with van der Waals surface area (Å²) < 4.78 is 6.33. The summed E-state index contributed by atoms with van der Waals surface area (Å²) in [5.41, 5.74) is 1.51. The summed E-state index contributed by atoms with van der Waals surface area (Å²) in [6.45, 7) is 2.29. The van der Waals surface area contributed by atoms with E-state index in [9.17, 15) is 9.59 Å². The summed E-state index contributed by atoms with van der Waals surface area (Å²) in [4.78, 5) is 24.1. The van der Waals surface area contributed by atoms with Crippen molar-refractivity contribution in [2.24, 2.45) is 0 Å². The van der Waals surface area contributed by atoms with Gasteiger partial charge >= 0.3 is 5.97 Å². The third-order valence-electron chi connectivity index (χ3n) is 4.01. The number of nitrogens with two attached hydrogens (primary N) is 1. The molecular formula is C20H19Cl2N5O3S. The van der Waals surface area contributed by atoms with Crippen molar-refractivity contribution in [1.82, 2.24) is 14.9 Å². The van der Waals surface area contributed by atoms with E-state index in [0.717, 1.165) is 18.2 Å². The lowest BCUT2D eigenvalue weighted by molar-refractivity contribution is -0.113. The van der Waals surface area contributed by atoms with E-state index < -0.39 is 5.97 Å². The van der Waals surface area contributed by atoms with Crippen molar-refractivity contribution in [2.45, 2.75) is 18.5 Å². The predicted molar refractivity (Wildman–Crippen MR) is 122 cm³/mol. The van der Waals surface area contributed by atoms with Gasteiger partial charge in [-0.2, -0.15) is 0 Å². The Kier molecular flexibility index (Phi) is 7.78. The number of halogens is 2. The minimum Gasteiger partial charge on any atom is -0.462 e. The molecule has 0 saturated heterocycles. The standard InChI is InChI=1S/C20H19Cl2N5O3S/c1-2-9-30-19(29)12-3-6-14(7-4-12)24-17(28)11-31-20-26-25-18(27(20)23)15-10-13(21)5-8-16(15)22/h3-8,10H,2,9,11,23H2,1H3,(H,24,28). The average Bonchev–Trinajstić information content (AvgIpc) is 3.13. The average molecular weight is 480 g/mol. The monoisotopic (exact) mass is 479 g/mol. The van der Waals surface area contributed by atoms with Crippen molar-refractivity contribution >= 4 is 52.5 Å². The molecule has 3 N–H and O–H groups in total. The first-order valence-corrected chi connectivity index (χ1v) is 11.0. The van der Waals surface area contributed by atoms with Crippen LogP contribution in [0.4, 0.5) is 5.69 Å². The van der Waals surface area contributed by atoms with Gasteiger partial charge in [0.25, 0.3) is 0 Å². The molecule has 0 bridgehead atoms. The van der Waals surface area contributed by atoms with Crippen LogP contribution in [0.3, 0.4) is 0 Å². The number of esters is 1. The Labute approximate surface area is 193 Å². The van der Waals surface area contributed by atoms with Gasteiger partial charge in [0.1, 0.15) is 0 Å². The molecule has 0 aliphatic carbocycles. The predicted octanol–water partition coefficient (Wildman–Crippen LogP) is 4.26. The van der Waals surface area contributed by atoms with Gasteiger partial charge in [-0.15, -0.1) is 10.2 Å². The van der Waals surface area contributed by atoms with Gasteiger partial charge in [-0.05, 0) is 48.9 Å². The number of thioether (sulfide) groups is 1. The maximum Gasteiger partial charge on any atom is 0.338 e. The topological polar surface area (TPSA) is 112 Å². The lowest BCUT2D eigenvalue weighted by atomic mass is 10.2. The quantitative estimate of drug-likeness (QED) is 0.281. The maximum absolute atomic E-state index is 12.3. The van der Waals surface area contributed by atoms with Gasteiger partial charge in [0.05, 0.1) is 22.9 Å². The Morgan fingerprint density at radius 3 is 2.61 bits per heavy atom. The van der Waals surface area contributed by atoms with Crippen LogP contribution in [-0.2, 0) is 9.53 Å². The van der Waals surface area contributed by atoms with Crippen LogP contribution in [0.1, 0.15) is 23.7 Å². The molecule has 0 aliphatic heterocycles. The van der Waals surface area contributed by atoms with Crippen molar-refractivity contribution in [3.63, 3.8) is 0 Å². The molecule has 1 heterocycles. The molecule has 162 valence electrons. The number of anilines is 1. The molecule has 31 heavy (non-hydrogen) atoms. The van der Waals surface area contributed by atoms with Gasteiger partial charge in [-0.25, -0.2) is 9.47 Å². The van der Waals surface area contributed by atoms with E-state index in [4.69, 9.17) is 33.8 Å². The number of carbonyl (C=O) groups excluding carboxylic acids is 2. The number of nitrogens with zero attached hydrogens (tertiary/aromatic N) is 3. The van der Waals surface area contributed by atoms with Gasteiger partial charge in [0.15, 0.2) is 5.82 Å². The fourth-order valence-corrected chi connectivity index (χ4v) is 3.55. The van der Waals surface area contributed by atoms with E-state index in [2.05, 4.69) is 15.5 Å². The fourth-order valence-electron chi connectivity index (χ4n) is 2.52. The minimum atomic E-state index is -0.395. The number of nitrogen functional groups attached to an aromatic ring is 1. The molecule has 0 aliphatic rings. The Balaban J connectivity index is 1.58. The molecule has 0 saturated carbocycles. The lowest BCUT2D eigenvalue weighted by Gasteiger charge is -2.07. The first-order chi connectivity index (χ1) is 14.9. The largest absolute Gasteiger partial charge is 0.462 e. The molecule has 3 rings (SSSR count). The lowest BCUT2D eigenvalue weighted by Crippen LogP contribution is -2.16. The molecule has 8 nitrogen and oxygen atoms in total. The molecule has 0 spiro atoms. The van der Waals surface area contributed by atoms with E-state index in [1.165, 1.54) is 4.68 Å². The van der Waals surface area contributed by atoms with Crippen molar-refractivity contribution in [3.8, 4) is 11.4 Å². The van der Waals surface area contributed by atoms with E-state index in [-0.39, 0.29) is 11.7 Å². The van der Waals surface area contributed by atoms with Crippen molar-refractivity contribution in [1.29, 1.82) is 0 Å². The fraction of sp³-hybridized carbons (Fsp3) is 0.200. The van der Waals surface area contributed by atoms with Crippen LogP contribution in [0.15, 0.2) is 47.6 Å². The first kappa shape index (κ1) is 22.9. The normalized spacial score (nSPS) is 10.7. The number of hydrogen-bond donors (Lipinski definition) is 2. The van der Waals surface area contributed by atoms with Crippen LogP contribution < -0.4 is 11.2 Å². The van der Waals surface area contributed by atoms with Crippen LogP contribution in [-0.4, -0.2) is 39.1 Å². The van der Waals surface area contributed by atoms with Gasteiger partial charge in [0.2, 0.25) is 11.1 Å². The number of rotatable bonds is 8. The molecule has 3 aromatic rings. The van der Waals surface area contributed by atoms with E-state index in [0.29, 0.717) is 44.4 Å². The molecule has 0 fully saturated rings. The highest BCUT2D eigenvalue weighted by atomic mass is 35.5. The SMILES string of the molecule is CCCOC(=O)c1ccc(NC(=O)CSc2nnc(-c3cc(Cl)ccc3Cl)n2N)cc1. The van der Waals surface area contributed by atoms with E-state index >= 15 is 0 Å². The molecule has 2 aromatic carbocycles. The van der Waals surface area contributed by atoms with Crippen LogP contribution in [0.25, 0.3) is 11.4 Å². The van der Waals surface area contributed by atoms with Crippen LogP contribution in [0, 0.1) is 0 Å². The number of ether oxygens (including phenoxy) is 1. The summed E-state index contributed by atoms with van der Waals surface area (Å²) in [6, 6.07) is 11.4. The number of benzene rings is 2. The summed E-state index contributed by atoms with van der Waals surface area (Å²) in [5.74, 6) is 5.79.